The van der Waals surface area contributed by atoms with Crippen LogP contribution in [0.4, 0.5) is 0 Å². The molecule has 0 spiro atoms. The third kappa shape index (κ3) is 6.35. The van der Waals surface area contributed by atoms with Gasteiger partial charge in [0.2, 0.25) is 0 Å². The van der Waals surface area contributed by atoms with E-state index in [0.29, 0.717) is 0 Å². The first-order chi connectivity index (χ1) is 24.5. The summed E-state index contributed by atoms with van der Waals surface area (Å²) in [7, 11) is 0. The van der Waals surface area contributed by atoms with Crippen molar-refractivity contribution in [2.24, 2.45) is 5.92 Å². The molecule has 0 unspecified atom stereocenters. The fraction of sp³-hybridized carbons (Fsp3) is 0.143. The van der Waals surface area contributed by atoms with Gasteiger partial charge in [0.15, 0.2) is 0 Å². The van der Waals surface area contributed by atoms with E-state index in [1.807, 2.05) is 0 Å². The van der Waals surface area contributed by atoms with Crippen LogP contribution in [0.5, 0.6) is 0 Å². The lowest BCUT2D eigenvalue weighted by Crippen LogP contribution is -1.96. The van der Waals surface area contributed by atoms with Crippen LogP contribution < -0.4 is 0 Å². The van der Waals surface area contributed by atoms with E-state index in [0.717, 1.165) is 10.8 Å². The van der Waals surface area contributed by atoms with Gasteiger partial charge in [-0.05, 0) is 153 Å². The zero-order valence-corrected chi connectivity index (χ0v) is 30.0. The molecule has 0 aromatic heterocycles. The van der Waals surface area contributed by atoms with Crippen molar-refractivity contribution in [2.75, 3.05) is 0 Å². The number of fused-ring (bicyclic) bond motifs is 1. The summed E-state index contributed by atoms with van der Waals surface area (Å²) in [4.78, 5) is 0.977. The molecule has 0 radical (unpaired) electrons. The average molecular weight is 663 g/mol. The molecule has 0 aliphatic heterocycles. The van der Waals surface area contributed by atoms with Crippen molar-refractivity contribution in [1.82, 2.24) is 0 Å². The van der Waals surface area contributed by atoms with E-state index in [9.17, 15) is 0 Å². The van der Waals surface area contributed by atoms with Crippen molar-refractivity contribution >= 4 is 29.5 Å². The van der Waals surface area contributed by atoms with Gasteiger partial charge in [0.25, 0.3) is 0 Å². The molecule has 0 atom stereocenters. The second kappa shape index (κ2) is 13.7. The smallest absolute Gasteiger partial charge is 0.00487 e. The molecular weight excluding hydrogens is 621 g/mol. The quantitative estimate of drug-likeness (QED) is 0.154. The van der Waals surface area contributed by atoms with Gasteiger partial charge in [-0.2, -0.15) is 0 Å². The van der Waals surface area contributed by atoms with Crippen LogP contribution in [0, 0.1) is 19.8 Å². The highest BCUT2D eigenvalue weighted by Gasteiger charge is 2.22. The van der Waals surface area contributed by atoms with Gasteiger partial charge in [0.1, 0.15) is 0 Å². The molecule has 0 nitrogen and oxygen atoms in total. The zero-order chi connectivity index (χ0) is 34.2. The molecule has 1 fully saturated rings. The first kappa shape index (κ1) is 32.1. The van der Waals surface area contributed by atoms with Crippen LogP contribution in [0.25, 0.3) is 72.5 Å². The van der Waals surface area contributed by atoms with Crippen molar-refractivity contribution in [2.45, 2.75) is 44.9 Å². The predicted molar refractivity (Wildman–Crippen MR) is 219 cm³/mol. The third-order valence-electron chi connectivity index (χ3n) is 10.3. The van der Waals surface area contributed by atoms with E-state index in [4.69, 9.17) is 12.6 Å². The van der Waals surface area contributed by atoms with Gasteiger partial charge in [-0.25, -0.2) is 0 Å². The van der Waals surface area contributed by atoms with E-state index in [-0.39, 0.29) is 0 Å². The number of allylic oxidation sites excluding steroid dienone is 1. The standard InChI is InChI=1S/C49H42S/c1-4-10-37-11-5-6-14-44(37)49-33(3)42(23-25-45(49)40-27-32(2)28-41(50)31-40)48-26-24-43(46-15-7-8-16-47(46)48)39-13-9-12-38(30-39)36-21-19-35(20-22-36)29-34-17-18-34/h4-16,19-28,30-31,34,50H,17-18,29H2,1-3H3/b10-4+. The van der Waals surface area contributed by atoms with Crippen LogP contribution in [0.15, 0.2) is 150 Å². The fourth-order valence-corrected chi connectivity index (χ4v) is 8.04. The normalized spacial score (nSPS) is 13.0. The first-order valence-corrected chi connectivity index (χ1v) is 18.3. The van der Waals surface area contributed by atoms with Gasteiger partial charge in [-0.3, -0.25) is 0 Å². The lowest BCUT2D eigenvalue weighted by atomic mass is 9.83. The molecule has 1 saturated carbocycles. The second-order valence-corrected chi connectivity index (χ2v) is 14.5. The van der Waals surface area contributed by atoms with Gasteiger partial charge in [-0.1, -0.05) is 133 Å². The summed E-state index contributed by atoms with van der Waals surface area (Å²) in [6, 6.07) is 51.8. The van der Waals surface area contributed by atoms with Crippen LogP contribution in [0.2, 0.25) is 0 Å². The highest BCUT2D eigenvalue weighted by Crippen LogP contribution is 2.44. The van der Waals surface area contributed by atoms with Gasteiger partial charge in [0, 0.05) is 4.90 Å². The molecule has 1 aliphatic rings. The summed E-state index contributed by atoms with van der Waals surface area (Å²) >= 11 is 4.77. The molecule has 0 N–H and O–H groups in total. The third-order valence-corrected chi connectivity index (χ3v) is 10.6. The van der Waals surface area contributed by atoms with Crippen molar-refractivity contribution in [1.29, 1.82) is 0 Å². The number of rotatable bonds is 8. The Morgan fingerprint density at radius 1 is 0.560 bits per heavy atom. The minimum atomic E-state index is 0.900. The number of hydrogen-bond donors (Lipinski definition) is 1. The number of benzene rings is 7. The van der Waals surface area contributed by atoms with Crippen LogP contribution in [-0.4, -0.2) is 0 Å². The first-order valence-electron chi connectivity index (χ1n) is 17.9. The highest BCUT2D eigenvalue weighted by atomic mass is 32.1. The molecular formula is C49H42S. The van der Waals surface area contributed by atoms with E-state index in [1.165, 1.54) is 108 Å². The fourth-order valence-electron chi connectivity index (χ4n) is 7.70. The van der Waals surface area contributed by atoms with Crippen LogP contribution in [0.3, 0.4) is 0 Å². The molecule has 244 valence electrons. The largest absolute Gasteiger partial charge is 0.143 e. The van der Waals surface area contributed by atoms with Gasteiger partial charge in [0.05, 0.1) is 0 Å². The summed E-state index contributed by atoms with van der Waals surface area (Å²) in [6.45, 7) is 6.52. The van der Waals surface area contributed by atoms with E-state index < -0.39 is 0 Å². The maximum absolute atomic E-state index is 4.77. The maximum Gasteiger partial charge on any atom is 0.00487 e. The monoisotopic (exact) mass is 662 g/mol. The Bertz CT molecular complexity index is 2370. The van der Waals surface area contributed by atoms with Crippen LogP contribution >= 0.6 is 12.6 Å². The SMILES string of the molecule is C/C=C/c1ccccc1-c1c(-c2cc(C)cc(S)c2)ccc(-c2ccc(-c3cccc(-c4ccc(CC5CC5)cc4)c3)c3ccccc23)c1C. The maximum atomic E-state index is 4.77. The summed E-state index contributed by atoms with van der Waals surface area (Å²) in [6.07, 6.45) is 8.33. The molecule has 8 rings (SSSR count). The van der Waals surface area contributed by atoms with Crippen molar-refractivity contribution in [3.8, 4) is 55.6 Å². The van der Waals surface area contributed by atoms with E-state index in [1.54, 1.807) is 0 Å². The summed E-state index contributed by atoms with van der Waals surface area (Å²) in [5, 5.41) is 2.52. The number of hydrogen-bond acceptors (Lipinski definition) is 1. The topological polar surface area (TPSA) is 0 Å². The van der Waals surface area contributed by atoms with Crippen molar-refractivity contribution < 1.29 is 0 Å². The summed E-state index contributed by atoms with van der Waals surface area (Å²) in [5.41, 5.74) is 17.6. The zero-order valence-electron chi connectivity index (χ0n) is 29.1. The predicted octanol–water partition coefficient (Wildman–Crippen LogP) is 14.1. The number of thiol groups is 1. The van der Waals surface area contributed by atoms with Crippen LogP contribution in [0.1, 0.15) is 42.0 Å². The van der Waals surface area contributed by atoms with Crippen molar-refractivity contribution in [3.63, 3.8) is 0 Å². The molecule has 7 aromatic rings. The average Bonchev–Trinajstić information content (AvgIpc) is 3.96. The minimum absolute atomic E-state index is 0.900. The van der Waals surface area contributed by atoms with E-state index in [2.05, 4.69) is 172 Å². The minimum Gasteiger partial charge on any atom is -0.143 e. The van der Waals surface area contributed by atoms with E-state index >= 15 is 0 Å². The highest BCUT2D eigenvalue weighted by molar-refractivity contribution is 7.80. The molecule has 7 aromatic carbocycles. The second-order valence-electron chi connectivity index (χ2n) is 13.9. The number of aryl methyl sites for hydroxylation is 1. The molecule has 0 saturated heterocycles. The lowest BCUT2D eigenvalue weighted by Gasteiger charge is -2.21. The van der Waals surface area contributed by atoms with Crippen LogP contribution in [-0.2, 0) is 6.42 Å². The Morgan fingerprint density at radius 2 is 1.24 bits per heavy atom. The molecule has 0 amide bonds. The summed E-state index contributed by atoms with van der Waals surface area (Å²) in [5.74, 6) is 0.900. The Labute approximate surface area is 302 Å². The van der Waals surface area contributed by atoms with Gasteiger partial charge >= 0.3 is 0 Å². The Kier molecular flexibility index (Phi) is 8.77. The Balaban J connectivity index is 1.26. The van der Waals surface area contributed by atoms with Gasteiger partial charge in [-0.15, -0.1) is 12.6 Å². The molecule has 1 heteroatoms. The lowest BCUT2D eigenvalue weighted by molar-refractivity contribution is 0.832. The van der Waals surface area contributed by atoms with Crippen molar-refractivity contribution in [3.05, 3.63) is 168 Å². The Morgan fingerprint density at radius 3 is 2.00 bits per heavy atom. The molecule has 50 heavy (non-hydrogen) atoms. The Hall–Kier alpha value is -5.11. The molecule has 0 heterocycles. The summed E-state index contributed by atoms with van der Waals surface area (Å²) < 4.78 is 0. The van der Waals surface area contributed by atoms with Gasteiger partial charge < -0.3 is 0 Å². The molecule has 1 aliphatic carbocycles. The molecule has 0 bridgehead atoms.